The van der Waals surface area contributed by atoms with Gasteiger partial charge in [0.05, 0.1) is 16.8 Å². The van der Waals surface area contributed by atoms with E-state index in [0.717, 1.165) is 43.6 Å². The molecule has 24 heavy (non-hydrogen) atoms. The van der Waals surface area contributed by atoms with Crippen LogP contribution in [0.3, 0.4) is 0 Å². The maximum Gasteiger partial charge on any atom is 0.259 e. The lowest BCUT2D eigenvalue weighted by Crippen LogP contribution is -2.33. The van der Waals surface area contributed by atoms with E-state index in [9.17, 15) is 9.59 Å². The van der Waals surface area contributed by atoms with Gasteiger partial charge in [0.1, 0.15) is 0 Å². The molecular formula is C19H19N3O2. The van der Waals surface area contributed by atoms with Crippen LogP contribution in [0.2, 0.25) is 0 Å². The van der Waals surface area contributed by atoms with Crippen molar-refractivity contribution in [2.45, 2.75) is 19.3 Å². The number of amides is 2. The molecule has 0 unspecified atom stereocenters. The van der Waals surface area contributed by atoms with Crippen molar-refractivity contribution in [1.29, 1.82) is 0 Å². The van der Waals surface area contributed by atoms with Crippen LogP contribution in [0.15, 0.2) is 42.7 Å². The van der Waals surface area contributed by atoms with Gasteiger partial charge in [-0.15, -0.1) is 0 Å². The number of hydrogen-bond donors (Lipinski definition) is 0. The second-order valence-electron chi connectivity index (χ2n) is 6.26. The third kappa shape index (κ3) is 2.46. The summed E-state index contributed by atoms with van der Waals surface area (Å²) in [6, 6.07) is 9.02. The van der Waals surface area contributed by atoms with Gasteiger partial charge in [-0.05, 0) is 43.0 Å². The molecule has 4 rings (SSSR count). The smallest absolute Gasteiger partial charge is 0.259 e. The number of rotatable bonds is 2. The van der Waals surface area contributed by atoms with Crippen LogP contribution in [-0.4, -0.2) is 41.3 Å². The number of fused-ring (bicyclic) bond motifs is 1. The molecule has 1 saturated heterocycles. The Labute approximate surface area is 140 Å². The molecular weight excluding hydrogens is 302 g/mol. The Balaban J connectivity index is 1.67. The molecule has 2 aromatic rings. The highest BCUT2D eigenvalue weighted by Crippen LogP contribution is 2.29. The molecule has 0 radical (unpaired) electrons. The zero-order chi connectivity index (χ0) is 16.5. The number of carbonyl (C=O) groups is 2. The van der Waals surface area contributed by atoms with Gasteiger partial charge >= 0.3 is 0 Å². The lowest BCUT2D eigenvalue weighted by atomic mass is 10.0. The maximum atomic E-state index is 13.1. The largest absolute Gasteiger partial charge is 0.339 e. The third-order valence-corrected chi connectivity index (χ3v) is 4.80. The van der Waals surface area contributed by atoms with E-state index in [-0.39, 0.29) is 11.8 Å². The van der Waals surface area contributed by atoms with Gasteiger partial charge in [0.25, 0.3) is 11.8 Å². The van der Waals surface area contributed by atoms with Gasteiger partial charge in [-0.1, -0.05) is 12.1 Å². The van der Waals surface area contributed by atoms with Crippen molar-refractivity contribution in [3.8, 4) is 0 Å². The number of aromatic nitrogens is 1. The van der Waals surface area contributed by atoms with Crippen LogP contribution in [0.4, 0.5) is 5.69 Å². The molecule has 122 valence electrons. The first kappa shape index (κ1) is 14.9. The highest BCUT2D eigenvalue weighted by atomic mass is 16.2. The Morgan fingerprint density at radius 3 is 2.38 bits per heavy atom. The molecule has 0 aliphatic carbocycles. The average molecular weight is 321 g/mol. The van der Waals surface area contributed by atoms with E-state index in [1.165, 1.54) is 0 Å². The molecule has 3 heterocycles. The molecule has 0 spiro atoms. The van der Waals surface area contributed by atoms with Crippen LogP contribution in [0.5, 0.6) is 0 Å². The summed E-state index contributed by atoms with van der Waals surface area (Å²) in [6.45, 7) is 2.19. The molecule has 0 atom stereocenters. The van der Waals surface area contributed by atoms with Gasteiger partial charge < -0.3 is 9.80 Å². The number of nitrogens with zero attached hydrogens (tertiary/aromatic N) is 3. The van der Waals surface area contributed by atoms with Crippen molar-refractivity contribution in [1.82, 2.24) is 9.88 Å². The fourth-order valence-electron chi connectivity index (χ4n) is 3.53. The highest BCUT2D eigenvalue weighted by Gasteiger charge is 2.29. The van der Waals surface area contributed by atoms with Gasteiger partial charge in [0, 0.05) is 32.0 Å². The molecule has 0 N–H and O–H groups in total. The molecule has 1 fully saturated rings. The molecule has 5 heteroatoms. The predicted molar refractivity (Wildman–Crippen MR) is 91.2 cm³/mol. The monoisotopic (exact) mass is 321 g/mol. The molecule has 1 aromatic carbocycles. The van der Waals surface area contributed by atoms with Gasteiger partial charge in [-0.3, -0.25) is 14.6 Å². The van der Waals surface area contributed by atoms with Crippen molar-refractivity contribution in [2.75, 3.05) is 24.5 Å². The number of anilines is 1. The van der Waals surface area contributed by atoms with E-state index >= 15 is 0 Å². The van der Waals surface area contributed by atoms with Crippen molar-refractivity contribution in [3.63, 3.8) is 0 Å². The quantitative estimate of drug-likeness (QED) is 0.854. The SMILES string of the molecule is O=C(c1ccccc1C(=O)N1CCc2cnccc21)N1CCCC1. The maximum absolute atomic E-state index is 13.1. The number of hydrogen-bond acceptors (Lipinski definition) is 3. The number of likely N-dealkylation sites (tertiary alicyclic amines) is 1. The zero-order valence-electron chi connectivity index (χ0n) is 13.4. The van der Waals surface area contributed by atoms with Crippen molar-refractivity contribution in [2.24, 2.45) is 0 Å². The summed E-state index contributed by atoms with van der Waals surface area (Å²) in [5.41, 5.74) is 2.97. The van der Waals surface area contributed by atoms with E-state index in [1.54, 1.807) is 23.2 Å². The van der Waals surface area contributed by atoms with E-state index in [4.69, 9.17) is 0 Å². The Kier molecular flexibility index (Phi) is 3.76. The van der Waals surface area contributed by atoms with Crippen molar-refractivity contribution in [3.05, 3.63) is 59.4 Å². The summed E-state index contributed by atoms with van der Waals surface area (Å²) >= 11 is 0. The van der Waals surface area contributed by atoms with Gasteiger partial charge in [0.2, 0.25) is 0 Å². The second-order valence-corrected chi connectivity index (χ2v) is 6.26. The molecule has 5 nitrogen and oxygen atoms in total. The first-order chi connectivity index (χ1) is 11.8. The molecule has 2 aliphatic heterocycles. The van der Waals surface area contributed by atoms with Crippen LogP contribution < -0.4 is 4.90 Å². The predicted octanol–water partition coefficient (Wildman–Crippen LogP) is 2.52. The summed E-state index contributed by atoms with van der Waals surface area (Å²) in [6.07, 6.45) is 6.38. The van der Waals surface area contributed by atoms with E-state index in [2.05, 4.69) is 4.98 Å². The first-order valence-corrected chi connectivity index (χ1v) is 8.39. The van der Waals surface area contributed by atoms with E-state index < -0.39 is 0 Å². The van der Waals surface area contributed by atoms with Gasteiger partial charge in [0.15, 0.2) is 0 Å². The lowest BCUT2D eigenvalue weighted by Gasteiger charge is -2.21. The normalized spacial score (nSPS) is 16.3. The molecule has 1 aromatic heterocycles. The van der Waals surface area contributed by atoms with Crippen LogP contribution in [0.25, 0.3) is 0 Å². The second kappa shape index (κ2) is 6.07. The zero-order valence-corrected chi connectivity index (χ0v) is 13.4. The number of pyridine rings is 1. The molecule has 2 aliphatic rings. The number of carbonyl (C=O) groups excluding carboxylic acids is 2. The summed E-state index contributed by atoms with van der Waals surface area (Å²) in [4.78, 5) is 33.6. The first-order valence-electron chi connectivity index (χ1n) is 8.39. The van der Waals surface area contributed by atoms with Crippen LogP contribution in [0, 0.1) is 0 Å². The van der Waals surface area contributed by atoms with Gasteiger partial charge in [-0.25, -0.2) is 0 Å². The number of benzene rings is 1. The molecule has 0 bridgehead atoms. The summed E-state index contributed by atoms with van der Waals surface area (Å²) in [5, 5.41) is 0. The minimum Gasteiger partial charge on any atom is -0.339 e. The fourth-order valence-corrected chi connectivity index (χ4v) is 3.53. The fraction of sp³-hybridized carbons (Fsp3) is 0.316. The summed E-state index contributed by atoms with van der Waals surface area (Å²) < 4.78 is 0. The van der Waals surface area contributed by atoms with Crippen molar-refractivity contribution < 1.29 is 9.59 Å². The van der Waals surface area contributed by atoms with Gasteiger partial charge in [-0.2, -0.15) is 0 Å². The Hall–Kier alpha value is -2.69. The minimum absolute atomic E-state index is 0.0365. The minimum atomic E-state index is -0.108. The Morgan fingerprint density at radius 2 is 1.62 bits per heavy atom. The van der Waals surface area contributed by atoms with E-state index in [0.29, 0.717) is 17.7 Å². The van der Waals surface area contributed by atoms with Crippen LogP contribution in [-0.2, 0) is 6.42 Å². The Morgan fingerprint density at radius 1 is 0.917 bits per heavy atom. The molecule has 2 amide bonds. The molecule has 0 saturated carbocycles. The standard InChI is InChI=1S/C19H19N3O2/c23-18(21-10-3-4-11-21)15-5-1-2-6-16(15)19(24)22-12-8-14-13-20-9-7-17(14)22/h1-2,5-7,9,13H,3-4,8,10-12H2. The lowest BCUT2D eigenvalue weighted by molar-refractivity contribution is 0.0786. The van der Waals surface area contributed by atoms with Crippen LogP contribution >= 0.6 is 0 Å². The van der Waals surface area contributed by atoms with Crippen LogP contribution in [0.1, 0.15) is 39.1 Å². The third-order valence-electron chi connectivity index (χ3n) is 4.80. The highest BCUT2D eigenvalue weighted by molar-refractivity contribution is 6.13. The topological polar surface area (TPSA) is 53.5 Å². The summed E-state index contributed by atoms with van der Waals surface area (Å²) in [5.74, 6) is -0.145. The summed E-state index contributed by atoms with van der Waals surface area (Å²) in [7, 11) is 0. The van der Waals surface area contributed by atoms with Crippen molar-refractivity contribution >= 4 is 17.5 Å². The average Bonchev–Trinajstić information content (AvgIpc) is 3.30. The Bertz CT molecular complexity index is 797. The van der Waals surface area contributed by atoms with E-state index in [1.807, 2.05) is 29.3 Å².